The van der Waals surface area contributed by atoms with Crippen LogP contribution in [-0.4, -0.2) is 10.8 Å². The SMILES string of the molecule is Cc1cccc(C(=O)c2c[nH]c3ccc(C#N)cc23)c1. The first-order valence-corrected chi connectivity index (χ1v) is 6.31. The van der Waals surface area contributed by atoms with Gasteiger partial charge >= 0.3 is 0 Å². The van der Waals surface area contributed by atoms with Gasteiger partial charge in [0, 0.05) is 28.2 Å². The van der Waals surface area contributed by atoms with E-state index in [2.05, 4.69) is 11.1 Å². The fourth-order valence-corrected chi connectivity index (χ4v) is 2.32. The molecule has 96 valence electrons. The first-order chi connectivity index (χ1) is 9.69. The van der Waals surface area contributed by atoms with Gasteiger partial charge in [-0.1, -0.05) is 23.8 Å². The maximum absolute atomic E-state index is 12.6. The molecular formula is C17H12N2O. The van der Waals surface area contributed by atoms with Crippen LogP contribution in [0.15, 0.2) is 48.7 Å². The van der Waals surface area contributed by atoms with Crippen LogP contribution >= 0.6 is 0 Å². The number of aromatic amines is 1. The minimum absolute atomic E-state index is 0.0324. The van der Waals surface area contributed by atoms with Crippen molar-refractivity contribution in [1.29, 1.82) is 5.26 Å². The first-order valence-electron chi connectivity index (χ1n) is 6.31. The fourth-order valence-electron chi connectivity index (χ4n) is 2.32. The third-order valence-electron chi connectivity index (χ3n) is 3.34. The van der Waals surface area contributed by atoms with Crippen LogP contribution in [0.4, 0.5) is 0 Å². The van der Waals surface area contributed by atoms with E-state index in [4.69, 9.17) is 5.26 Å². The molecule has 0 saturated heterocycles. The van der Waals surface area contributed by atoms with Gasteiger partial charge in [-0.15, -0.1) is 0 Å². The highest BCUT2D eigenvalue weighted by Gasteiger charge is 2.14. The first kappa shape index (κ1) is 12.2. The van der Waals surface area contributed by atoms with Crippen molar-refractivity contribution < 1.29 is 4.79 Å². The number of fused-ring (bicyclic) bond motifs is 1. The lowest BCUT2D eigenvalue weighted by Gasteiger charge is -2.01. The van der Waals surface area contributed by atoms with Crippen LogP contribution in [0.3, 0.4) is 0 Å². The Bertz CT molecular complexity index is 853. The Morgan fingerprint density at radius 3 is 2.80 bits per heavy atom. The molecular weight excluding hydrogens is 248 g/mol. The molecule has 1 aromatic heterocycles. The van der Waals surface area contributed by atoms with E-state index in [0.717, 1.165) is 16.5 Å². The monoisotopic (exact) mass is 260 g/mol. The maximum atomic E-state index is 12.6. The normalized spacial score (nSPS) is 10.4. The molecule has 0 aliphatic rings. The van der Waals surface area contributed by atoms with Crippen molar-refractivity contribution in [2.75, 3.05) is 0 Å². The number of benzene rings is 2. The van der Waals surface area contributed by atoms with Gasteiger partial charge in [-0.25, -0.2) is 0 Å². The molecule has 3 aromatic rings. The summed E-state index contributed by atoms with van der Waals surface area (Å²) in [6.07, 6.45) is 1.70. The van der Waals surface area contributed by atoms with Gasteiger partial charge in [0.2, 0.25) is 0 Å². The summed E-state index contributed by atoms with van der Waals surface area (Å²) in [5.41, 5.74) is 3.72. The van der Waals surface area contributed by atoms with E-state index in [1.54, 1.807) is 18.3 Å². The second kappa shape index (κ2) is 4.67. The summed E-state index contributed by atoms with van der Waals surface area (Å²) in [6, 6.07) is 14.9. The quantitative estimate of drug-likeness (QED) is 0.716. The topological polar surface area (TPSA) is 56.6 Å². The number of nitrogens with one attached hydrogen (secondary N) is 1. The summed E-state index contributed by atoms with van der Waals surface area (Å²) in [5.74, 6) is -0.0324. The zero-order chi connectivity index (χ0) is 14.1. The second-order valence-corrected chi connectivity index (χ2v) is 4.77. The lowest BCUT2D eigenvalue weighted by molar-refractivity contribution is 0.104. The lowest BCUT2D eigenvalue weighted by atomic mass is 10.0. The average molecular weight is 260 g/mol. The average Bonchev–Trinajstić information content (AvgIpc) is 2.89. The van der Waals surface area contributed by atoms with Gasteiger partial charge in [-0.05, 0) is 31.2 Å². The molecule has 0 saturated carbocycles. The molecule has 0 radical (unpaired) electrons. The smallest absolute Gasteiger partial charge is 0.195 e. The van der Waals surface area contributed by atoms with Crippen molar-refractivity contribution in [3.8, 4) is 6.07 Å². The highest BCUT2D eigenvalue weighted by molar-refractivity contribution is 6.16. The molecule has 0 aliphatic heterocycles. The van der Waals surface area contributed by atoms with Crippen molar-refractivity contribution in [3.05, 3.63) is 70.9 Å². The maximum Gasteiger partial charge on any atom is 0.195 e. The molecule has 0 atom stereocenters. The standard InChI is InChI=1S/C17H12N2O/c1-11-3-2-4-13(7-11)17(20)15-10-19-16-6-5-12(9-18)8-14(15)16/h2-8,10,19H,1H3. The molecule has 0 aliphatic carbocycles. The zero-order valence-corrected chi connectivity index (χ0v) is 11.0. The number of hydrogen-bond donors (Lipinski definition) is 1. The van der Waals surface area contributed by atoms with Gasteiger partial charge in [0.1, 0.15) is 0 Å². The van der Waals surface area contributed by atoms with Crippen LogP contribution < -0.4 is 0 Å². The number of ketones is 1. The van der Waals surface area contributed by atoms with E-state index in [-0.39, 0.29) is 5.78 Å². The number of rotatable bonds is 2. The fraction of sp³-hybridized carbons (Fsp3) is 0.0588. The van der Waals surface area contributed by atoms with Crippen LogP contribution in [0.25, 0.3) is 10.9 Å². The Labute approximate surface area is 116 Å². The largest absolute Gasteiger partial charge is 0.360 e. The number of aryl methyl sites for hydroxylation is 1. The highest BCUT2D eigenvalue weighted by Crippen LogP contribution is 2.22. The van der Waals surface area contributed by atoms with E-state index >= 15 is 0 Å². The van der Waals surface area contributed by atoms with Crippen LogP contribution in [0.1, 0.15) is 27.0 Å². The number of nitrogens with zero attached hydrogens (tertiary/aromatic N) is 1. The Kier molecular flexibility index (Phi) is 2.85. The third-order valence-corrected chi connectivity index (χ3v) is 3.34. The molecule has 3 nitrogen and oxygen atoms in total. The van der Waals surface area contributed by atoms with Gasteiger partial charge < -0.3 is 4.98 Å². The molecule has 0 spiro atoms. The summed E-state index contributed by atoms with van der Waals surface area (Å²) in [5, 5.41) is 9.76. The Morgan fingerprint density at radius 1 is 1.20 bits per heavy atom. The van der Waals surface area contributed by atoms with Gasteiger partial charge in [0.05, 0.1) is 11.6 Å². The highest BCUT2D eigenvalue weighted by atomic mass is 16.1. The molecule has 0 unspecified atom stereocenters. The van der Waals surface area contributed by atoms with E-state index in [0.29, 0.717) is 16.7 Å². The molecule has 20 heavy (non-hydrogen) atoms. The molecule has 1 N–H and O–H groups in total. The second-order valence-electron chi connectivity index (χ2n) is 4.77. The summed E-state index contributed by atoms with van der Waals surface area (Å²) >= 11 is 0. The molecule has 0 bridgehead atoms. The van der Waals surface area contributed by atoms with E-state index < -0.39 is 0 Å². The number of H-pyrrole nitrogens is 1. The predicted octanol–water partition coefficient (Wildman–Crippen LogP) is 3.58. The van der Waals surface area contributed by atoms with Crippen LogP contribution in [-0.2, 0) is 0 Å². The van der Waals surface area contributed by atoms with Gasteiger partial charge in [0.15, 0.2) is 5.78 Å². The van der Waals surface area contributed by atoms with Crippen molar-refractivity contribution >= 4 is 16.7 Å². The number of carbonyl (C=O) groups excluding carboxylic acids is 1. The zero-order valence-electron chi connectivity index (χ0n) is 11.0. The molecule has 2 aromatic carbocycles. The molecule has 3 rings (SSSR count). The van der Waals surface area contributed by atoms with Gasteiger partial charge in [-0.3, -0.25) is 4.79 Å². The van der Waals surface area contributed by atoms with Crippen molar-refractivity contribution in [2.24, 2.45) is 0 Å². The van der Waals surface area contributed by atoms with E-state index in [1.165, 1.54) is 0 Å². The Hall–Kier alpha value is -2.86. The van der Waals surface area contributed by atoms with E-state index in [1.807, 2.05) is 37.3 Å². The number of nitriles is 1. The van der Waals surface area contributed by atoms with Crippen molar-refractivity contribution in [3.63, 3.8) is 0 Å². The van der Waals surface area contributed by atoms with Gasteiger partial charge in [0.25, 0.3) is 0 Å². The van der Waals surface area contributed by atoms with Crippen LogP contribution in [0.2, 0.25) is 0 Å². The molecule has 0 amide bonds. The van der Waals surface area contributed by atoms with Gasteiger partial charge in [-0.2, -0.15) is 5.26 Å². The predicted molar refractivity (Wildman–Crippen MR) is 77.6 cm³/mol. The lowest BCUT2D eigenvalue weighted by Crippen LogP contribution is -2.00. The number of hydrogen-bond acceptors (Lipinski definition) is 2. The molecule has 1 heterocycles. The summed E-state index contributed by atoms with van der Waals surface area (Å²) in [7, 11) is 0. The molecule has 3 heteroatoms. The summed E-state index contributed by atoms with van der Waals surface area (Å²) in [6.45, 7) is 1.96. The minimum atomic E-state index is -0.0324. The summed E-state index contributed by atoms with van der Waals surface area (Å²) in [4.78, 5) is 15.6. The minimum Gasteiger partial charge on any atom is -0.360 e. The number of aromatic nitrogens is 1. The van der Waals surface area contributed by atoms with Crippen LogP contribution in [0, 0.1) is 18.3 Å². The van der Waals surface area contributed by atoms with Crippen molar-refractivity contribution in [2.45, 2.75) is 6.92 Å². The Balaban J connectivity index is 2.15. The van der Waals surface area contributed by atoms with E-state index in [9.17, 15) is 4.79 Å². The van der Waals surface area contributed by atoms with Crippen LogP contribution in [0.5, 0.6) is 0 Å². The molecule has 0 fully saturated rings. The Morgan fingerprint density at radius 2 is 2.05 bits per heavy atom. The number of carbonyl (C=O) groups is 1. The van der Waals surface area contributed by atoms with Crippen molar-refractivity contribution in [1.82, 2.24) is 4.98 Å². The summed E-state index contributed by atoms with van der Waals surface area (Å²) < 4.78 is 0. The third kappa shape index (κ3) is 1.98.